The highest BCUT2D eigenvalue weighted by atomic mass is 16.5. The fourth-order valence-corrected chi connectivity index (χ4v) is 6.39. The molecule has 1 spiro atoms. The molecule has 40 heavy (non-hydrogen) atoms. The van der Waals surface area contributed by atoms with Gasteiger partial charge in [0.25, 0.3) is 0 Å². The van der Waals surface area contributed by atoms with Crippen molar-refractivity contribution in [2.45, 2.75) is 25.0 Å². The molecule has 1 atom stereocenters. The molecule has 5 aromatic carbocycles. The van der Waals surface area contributed by atoms with E-state index in [2.05, 4.69) is 61.6 Å². The summed E-state index contributed by atoms with van der Waals surface area (Å²) in [4.78, 5) is 30.3. The highest BCUT2D eigenvalue weighted by Crippen LogP contribution is 2.51. The van der Waals surface area contributed by atoms with Gasteiger partial charge in [-0.25, -0.2) is 0 Å². The molecule has 0 radical (unpaired) electrons. The van der Waals surface area contributed by atoms with E-state index in [0.717, 1.165) is 50.2 Å². The van der Waals surface area contributed by atoms with E-state index >= 15 is 0 Å². The zero-order chi connectivity index (χ0) is 27.2. The maximum absolute atomic E-state index is 12.8. The first-order valence-corrected chi connectivity index (χ1v) is 13.4. The summed E-state index contributed by atoms with van der Waals surface area (Å²) in [7, 11) is 0. The summed E-state index contributed by atoms with van der Waals surface area (Å²) in [6, 6.07) is 31.6. The molecule has 5 aromatic rings. The second-order valence-electron chi connectivity index (χ2n) is 11.2. The first-order valence-electron chi connectivity index (χ1n) is 13.4. The lowest BCUT2D eigenvalue weighted by molar-refractivity contribution is 0.0815. The number of aliphatic imine (C=N–C) groups is 1. The van der Waals surface area contributed by atoms with Crippen LogP contribution in [0.25, 0.3) is 33.0 Å². The Hall–Kier alpha value is -5.03. The zero-order valence-electron chi connectivity index (χ0n) is 22.0. The maximum atomic E-state index is 12.8. The Bertz CT molecular complexity index is 1990. The number of hydrogen-bond donors (Lipinski definition) is 1. The predicted molar refractivity (Wildman–Crippen MR) is 158 cm³/mol. The molecule has 192 valence electrons. The summed E-state index contributed by atoms with van der Waals surface area (Å²) < 4.78 is 6.70. The van der Waals surface area contributed by atoms with Crippen LogP contribution in [-0.4, -0.2) is 23.5 Å². The van der Waals surface area contributed by atoms with Crippen LogP contribution < -0.4 is 10.1 Å². The summed E-state index contributed by atoms with van der Waals surface area (Å²) in [6.07, 6.45) is 1.90. The van der Waals surface area contributed by atoms with Gasteiger partial charge < -0.3 is 10.1 Å². The molecule has 2 aliphatic heterocycles. The van der Waals surface area contributed by atoms with Crippen molar-refractivity contribution < 1.29 is 14.3 Å². The SMILES string of the molecule is CC1(C)c2ccccc2NC12C=Nc1c(ccc3cc(-c4ccc5c(c4)-c4ccccc4C(=O)C5=O)ccc13)O2. The quantitative estimate of drug-likeness (QED) is 0.230. The van der Waals surface area contributed by atoms with Crippen LogP contribution in [0.4, 0.5) is 11.4 Å². The average Bonchev–Trinajstić information content (AvgIpc) is 3.20. The largest absolute Gasteiger partial charge is 0.460 e. The molecule has 1 aliphatic carbocycles. The number of rotatable bonds is 1. The fraction of sp³-hybridized carbons (Fsp3) is 0.114. The van der Waals surface area contributed by atoms with Crippen LogP contribution in [0.15, 0.2) is 102 Å². The number of para-hydroxylation sites is 1. The van der Waals surface area contributed by atoms with Gasteiger partial charge >= 0.3 is 0 Å². The Labute approximate surface area is 231 Å². The van der Waals surface area contributed by atoms with Gasteiger partial charge in [-0.15, -0.1) is 0 Å². The number of ether oxygens (including phenoxy) is 1. The fourth-order valence-electron chi connectivity index (χ4n) is 6.39. The number of carbonyl (C=O) groups excluding carboxylic acids is 2. The van der Waals surface area contributed by atoms with Crippen LogP contribution in [0.3, 0.4) is 0 Å². The lowest BCUT2D eigenvalue weighted by Gasteiger charge is -2.40. The number of benzene rings is 5. The molecule has 0 saturated heterocycles. The van der Waals surface area contributed by atoms with Crippen molar-refractivity contribution in [2.75, 3.05) is 5.32 Å². The van der Waals surface area contributed by atoms with Crippen molar-refractivity contribution in [1.29, 1.82) is 0 Å². The second kappa shape index (κ2) is 7.76. The van der Waals surface area contributed by atoms with Gasteiger partial charge in [0, 0.05) is 22.2 Å². The third kappa shape index (κ3) is 2.94. The molecule has 3 aliphatic rings. The Morgan fingerprint density at radius 2 is 1.40 bits per heavy atom. The van der Waals surface area contributed by atoms with Crippen LogP contribution in [0.5, 0.6) is 5.75 Å². The minimum absolute atomic E-state index is 0.319. The lowest BCUT2D eigenvalue weighted by atomic mass is 9.78. The summed E-state index contributed by atoms with van der Waals surface area (Å²) >= 11 is 0. The monoisotopic (exact) mass is 520 g/mol. The molecule has 0 bridgehead atoms. The van der Waals surface area contributed by atoms with Gasteiger partial charge in [0.05, 0.1) is 11.6 Å². The molecule has 2 heterocycles. The normalized spacial score (nSPS) is 19.4. The number of carbonyl (C=O) groups is 2. The van der Waals surface area contributed by atoms with E-state index in [0.29, 0.717) is 11.1 Å². The lowest BCUT2D eigenvalue weighted by Crippen LogP contribution is -2.56. The molecule has 1 unspecified atom stereocenters. The zero-order valence-corrected chi connectivity index (χ0v) is 22.0. The second-order valence-corrected chi connectivity index (χ2v) is 11.2. The van der Waals surface area contributed by atoms with Crippen molar-refractivity contribution in [2.24, 2.45) is 4.99 Å². The van der Waals surface area contributed by atoms with Gasteiger partial charge in [0.15, 0.2) is 0 Å². The van der Waals surface area contributed by atoms with Gasteiger partial charge in [0.2, 0.25) is 17.3 Å². The third-order valence-corrected chi connectivity index (χ3v) is 8.72. The number of fused-ring (bicyclic) bond motifs is 7. The standard InChI is InChI=1S/C35H24N2O3/c1-34(2)28-9-5-6-10-29(28)37-35(34)19-36-31-23-14-11-20(17-22(23)13-16-30(31)40-35)21-12-15-26-27(18-21)24-7-3-4-8-25(24)32(38)33(26)39/h3-19,37H,1-2H3. The predicted octanol–water partition coefficient (Wildman–Crippen LogP) is 7.75. The molecular formula is C35H24N2O3. The molecule has 0 saturated carbocycles. The van der Waals surface area contributed by atoms with Gasteiger partial charge in [-0.05, 0) is 77.4 Å². The summed E-state index contributed by atoms with van der Waals surface area (Å²) in [5.74, 6) is -0.162. The van der Waals surface area contributed by atoms with Crippen LogP contribution >= 0.6 is 0 Å². The first kappa shape index (κ1) is 22.9. The van der Waals surface area contributed by atoms with Crippen molar-refractivity contribution in [3.05, 3.63) is 114 Å². The number of Topliss-reactive ketones (excluding diaryl/α,β-unsaturated/α-hetero) is 2. The molecule has 0 amide bonds. The summed E-state index contributed by atoms with van der Waals surface area (Å²) in [5, 5.41) is 5.63. The molecule has 5 nitrogen and oxygen atoms in total. The van der Waals surface area contributed by atoms with E-state index in [1.165, 1.54) is 5.56 Å². The number of nitrogens with zero attached hydrogens (tertiary/aromatic N) is 1. The molecule has 8 rings (SSSR count). The Balaban J connectivity index is 1.19. The van der Waals surface area contributed by atoms with Crippen molar-refractivity contribution in [1.82, 2.24) is 0 Å². The van der Waals surface area contributed by atoms with Crippen molar-refractivity contribution >= 4 is 39.9 Å². The highest BCUT2D eigenvalue weighted by molar-refractivity contribution is 6.53. The average molecular weight is 521 g/mol. The van der Waals surface area contributed by atoms with Gasteiger partial charge in [-0.3, -0.25) is 14.6 Å². The van der Waals surface area contributed by atoms with Crippen LogP contribution in [0.1, 0.15) is 40.1 Å². The molecule has 0 aromatic heterocycles. The van der Waals surface area contributed by atoms with Crippen molar-refractivity contribution in [3.8, 4) is 28.0 Å². The van der Waals surface area contributed by atoms with Gasteiger partial charge in [-0.2, -0.15) is 0 Å². The Morgan fingerprint density at radius 1 is 0.700 bits per heavy atom. The topological polar surface area (TPSA) is 67.8 Å². The smallest absolute Gasteiger partial charge is 0.234 e. The number of nitrogens with one attached hydrogen (secondary N) is 1. The number of anilines is 1. The van der Waals surface area contributed by atoms with E-state index < -0.39 is 17.3 Å². The van der Waals surface area contributed by atoms with Crippen molar-refractivity contribution in [3.63, 3.8) is 0 Å². The van der Waals surface area contributed by atoms with Crippen LogP contribution in [-0.2, 0) is 5.41 Å². The molecule has 1 N–H and O–H groups in total. The number of hydrogen-bond acceptors (Lipinski definition) is 5. The Kier molecular flexibility index (Phi) is 4.45. The summed E-state index contributed by atoms with van der Waals surface area (Å²) in [6.45, 7) is 4.35. The van der Waals surface area contributed by atoms with E-state index in [1.54, 1.807) is 18.2 Å². The van der Waals surface area contributed by atoms with E-state index in [4.69, 9.17) is 9.73 Å². The summed E-state index contributed by atoms with van der Waals surface area (Å²) in [5.41, 5.74) is 6.48. The van der Waals surface area contributed by atoms with E-state index in [1.807, 2.05) is 42.6 Å². The third-order valence-electron chi connectivity index (χ3n) is 8.72. The highest BCUT2D eigenvalue weighted by Gasteiger charge is 2.55. The number of ketones is 2. The maximum Gasteiger partial charge on any atom is 0.234 e. The van der Waals surface area contributed by atoms with Crippen LogP contribution in [0.2, 0.25) is 0 Å². The van der Waals surface area contributed by atoms with Gasteiger partial charge in [-0.1, -0.05) is 66.7 Å². The Morgan fingerprint density at radius 3 is 2.23 bits per heavy atom. The molecule has 0 fully saturated rings. The van der Waals surface area contributed by atoms with E-state index in [9.17, 15) is 9.59 Å². The van der Waals surface area contributed by atoms with Crippen LogP contribution in [0, 0.1) is 0 Å². The molecular weight excluding hydrogens is 496 g/mol. The van der Waals surface area contributed by atoms with Gasteiger partial charge in [0.1, 0.15) is 11.4 Å². The first-order chi connectivity index (χ1) is 19.4. The molecule has 5 heteroatoms. The van der Waals surface area contributed by atoms with E-state index in [-0.39, 0.29) is 5.41 Å². The minimum atomic E-state index is -0.768. The minimum Gasteiger partial charge on any atom is -0.460 e.